The van der Waals surface area contributed by atoms with Gasteiger partial charge in [0.1, 0.15) is 5.75 Å². The van der Waals surface area contributed by atoms with Gasteiger partial charge in [0.2, 0.25) is 0 Å². The lowest BCUT2D eigenvalue weighted by atomic mass is 10.0. The molecule has 0 bridgehead atoms. The fraction of sp³-hybridized carbons (Fsp3) is 0.120. The highest BCUT2D eigenvalue weighted by molar-refractivity contribution is 5.95. The molecule has 5 heteroatoms. The van der Waals surface area contributed by atoms with Crippen LogP contribution >= 0.6 is 0 Å². The molecule has 1 heterocycles. The smallest absolute Gasteiger partial charge is 0.337 e. The Morgan fingerprint density at radius 2 is 1.63 bits per heavy atom. The fourth-order valence-electron chi connectivity index (χ4n) is 3.55. The van der Waals surface area contributed by atoms with Gasteiger partial charge in [-0.25, -0.2) is 4.79 Å². The number of pyridine rings is 1. The minimum Gasteiger partial charge on any atom is -0.497 e. The van der Waals surface area contributed by atoms with Crippen LogP contribution in [0.15, 0.2) is 83.7 Å². The van der Waals surface area contributed by atoms with Crippen LogP contribution in [0.2, 0.25) is 0 Å². The van der Waals surface area contributed by atoms with Crippen molar-refractivity contribution in [1.82, 2.24) is 4.57 Å². The number of nitrogens with zero attached hydrogens (tertiary/aromatic N) is 1. The van der Waals surface area contributed by atoms with Crippen LogP contribution in [0, 0.1) is 0 Å². The predicted molar refractivity (Wildman–Crippen MR) is 117 cm³/mol. The van der Waals surface area contributed by atoms with Gasteiger partial charge in [0.05, 0.1) is 31.8 Å². The molecule has 0 aliphatic carbocycles. The molecule has 0 fully saturated rings. The highest BCUT2D eigenvalue weighted by Gasteiger charge is 2.13. The van der Waals surface area contributed by atoms with E-state index in [4.69, 9.17) is 9.47 Å². The summed E-state index contributed by atoms with van der Waals surface area (Å²) in [5.74, 6) is 0.294. The van der Waals surface area contributed by atoms with Gasteiger partial charge in [-0.2, -0.15) is 0 Å². The summed E-state index contributed by atoms with van der Waals surface area (Å²) in [6, 6.07) is 24.3. The second-order valence-electron chi connectivity index (χ2n) is 6.92. The van der Waals surface area contributed by atoms with Gasteiger partial charge in [-0.3, -0.25) is 4.79 Å². The first-order valence-corrected chi connectivity index (χ1v) is 9.55. The monoisotopic (exact) mass is 399 g/mol. The molecule has 0 aliphatic rings. The van der Waals surface area contributed by atoms with E-state index in [-0.39, 0.29) is 11.5 Å². The third-order valence-electron chi connectivity index (χ3n) is 5.12. The van der Waals surface area contributed by atoms with Crippen LogP contribution in [-0.2, 0) is 11.3 Å². The molecule has 5 nitrogen and oxygen atoms in total. The van der Waals surface area contributed by atoms with Crippen molar-refractivity contribution in [3.8, 4) is 16.9 Å². The van der Waals surface area contributed by atoms with Gasteiger partial charge in [-0.05, 0) is 41.0 Å². The second-order valence-corrected chi connectivity index (χ2v) is 6.92. The first kappa shape index (κ1) is 19.5. The Balaban J connectivity index is 1.84. The molecule has 0 unspecified atom stereocenters. The third kappa shape index (κ3) is 3.70. The molecule has 0 amide bonds. The lowest BCUT2D eigenvalue weighted by Crippen LogP contribution is -2.21. The molecule has 3 aromatic carbocycles. The fourth-order valence-corrected chi connectivity index (χ4v) is 3.55. The van der Waals surface area contributed by atoms with Gasteiger partial charge in [0.25, 0.3) is 5.56 Å². The molecule has 1 aromatic heterocycles. The summed E-state index contributed by atoms with van der Waals surface area (Å²) in [5, 5.41) is 0.966. The van der Waals surface area contributed by atoms with E-state index in [0.29, 0.717) is 17.9 Å². The summed E-state index contributed by atoms with van der Waals surface area (Å²) in [4.78, 5) is 24.8. The van der Waals surface area contributed by atoms with E-state index < -0.39 is 0 Å². The first-order chi connectivity index (χ1) is 14.6. The van der Waals surface area contributed by atoms with E-state index in [0.717, 1.165) is 27.6 Å². The second kappa shape index (κ2) is 8.25. The van der Waals surface area contributed by atoms with Crippen molar-refractivity contribution in [2.45, 2.75) is 6.54 Å². The SMILES string of the molecule is COC(=O)c1ccc(Cn2c(=O)cc(-c3ccccc3)c3ccc(OC)cc32)cc1. The summed E-state index contributed by atoms with van der Waals surface area (Å²) >= 11 is 0. The van der Waals surface area contributed by atoms with Crippen molar-refractivity contribution in [3.63, 3.8) is 0 Å². The van der Waals surface area contributed by atoms with Crippen molar-refractivity contribution in [1.29, 1.82) is 0 Å². The van der Waals surface area contributed by atoms with Crippen LogP contribution in [0.25, 0.3) is 22.0 Å². The van der Waals surface area contributed by atoms with Gasteiger partial charge in [0, 0.05) is 17.5 Å². The molecule has 0 radical (unpaired) electrons. The van der Waals surface area contributed by atoms with Crippen LogP contribution in [0.5, 0.6) is 5.75 Å². The van der Waals surface area contributed by atoms with E-state index >= 15 is 0 Å². The Morgan fingerprint density at radius 3 is 2.30 bits per heavy atom. The highest BCUT2D eigenvalue weighted by atomic mass is 16.5. The number of rotatable bonds is 5. The van der Waals surface area contributed by atoms with Crippen molar-refractivity contribution in [2.75, 3.05) is 14.2 Å². The number of carbonyl (C=O) groups is 1. The highest BCUT2D eigenvalue weighted by Crippen LogP contribution is 2.30. The maximum atomic E-state index is 13.1. The number of aromatic nitrogens is 1. The average molecular weight is 399 g/mol. The zero-order valence-corrected chi connectivity index (χ0v) is 16.8. The zero-order valence-electron chi connectivity index (χ0n) is 16.8. The molecule has 0 saturated heterocycles. The number of carbonyl (C=O) groups excluding carboxylic acids is 1. The normalized spacial score (nSPS) is 10.7. The Bertz CT molecular complexity index is 1260. The van der Waals surface area contributed by atoms with Crippen LogP contribution in [0.1, 0.15) is 15.9 Å². The summed E-state index contributed by atoms with van der Waals surface area (Å²) in [7, 11) is 2.96. The Hall–Kier alpha value is -3.86. The van der Waals surface area contributed by atoms with Gasteiger partial charge < -0.3 is 14.0 Å². The quantitative estimate of drug-likeness (QED) is 0.463. The molecular formula is C25H21NO4. The van der Waals surface area contributed by atoms with Gasteiger partial charge in [-0.15, -0.1) is 0 Å². The number of ether oxygens (including phenoxy) is 2. The molecule has 4 aromatic rings. The van der Waals surface area contributed by atoms with Crippen molar-refractivity contribution >= 4 is 16.9 Å². The average Bonchev–Trinajstić information content (AvgIpc) is 2.80. The number of benzene rings is 3. The summed E-state index contributed by atoms with van der Waals surface area (Å²) < 4.78 is 11.9. The van der Waals surface area contributed by atoms with E-state index in [9.17, 15) is 9.59 Å². The van der Waals surface area contributed by atoms with Crippen molar-refractivity contribution in [3.05, 3.63) is 100 Å². The molecule has 30 heavy (non-hydrogen) atoms. The molecule has 0 saturated carbocycles. The summed E-state index contributed by atoms with van der Waals surface area (Å²) in [6.45, 7) is 0.374. The number of hydrogen-bond donors (Lipinski definition) is 0. The van der Waals surface area contributed by atoms with Gasteiger partial charge in [-0.1, -0.05) is 42.5 Å². The Kier molecular flexibility index (Phi) is 5.35. The van der Waals surface area contributed by atoms with Crippen LogP contribution < -0.4 is 10.3 Å². The Labute approximate surface area is 174 Å². The molecule has 0 atom stereocenters. The minimum absolute atomic E-state index is 0.105. The Morgan fingerprint density at radius 1 is 0.900 bits per heavy atom. The molecular weight excluding hydrogens is 378 g/mol. The van der Waals surface area contributed by atoms with E-state index in [1.165, 1.54) is 7.11 Å². The first-order valence-electron chi connectivity index (χ1n) is 9.55. The largest absolute Gasteiger partial charge is 0.497 e. The number of methoxy groups -OCH3 is 2. The van der Waals surface area contributed by atoms with Crippen LogP contribution in [-0.4, -0.2) is 24.8 Å². The number of esters is 1. The van der Waals surface area contributed by atoms with Crippen molar-refractivity contribution in [2.24, 2.45) is 0 Å². The standard InChI is InChI=1S/C25H21NO4/c1-29-20-12-13-21-22(18-6-4-3-5-7-18)15-24(27)26(23(21)14-20)16-17-8-10-19(11-9-17)25(28)30-2/h3-15H,16H2,1-2H3. The van der Waals surface area contributed by atoms with Gasteiger partial charge in [0.15, 0.2) is 0 Å². The zero-order chi connectivity index (χ0) is 21.1. The number of fused-ring (bicyclic) bond motifs is 1. The number of hydrogen-bond acceptors (Lipinski definition) is 4. The topological polar surface area (TPSA) is 57.5 Å². The molecule has 4 rings (SSSR count). The lowest BCUT2D eigenvalue weighted by Gasteiger charge is -2.15. The van der Waals surface area contributed by atoms with Crippen LogP contribution in [0.4, 0.5) is 0 Å². The molecule has 150 valence electrons. The van der Waals surface area contributed by atoms with E-state index in [1.807, 2.05) is 60.7 Å². The van der Waals surface area contributed by atoms with Gasteiger partial charge >= 0.3 is 5.97 Å². The maximum absolute atomic E-state index is 13.1. The maximum Gasteiger partial charge on any atom is 0.337 e. The predicted octanol–water partition coefficient (Wildman–Crippen LogP) is 4.51. The third-order valence-corrected chi connectivity index (χ3v) is 5.12. The van der Waals surface area contributed by atoms with E-state index in [1.54, 1.807) is 29.9 Å². The summed E-state index contributed by atoms with van der Waals surface area (Å²) in [5.41, 5.74) is 3.93. The van der Waals surface area contributed by atoms with E-state index in [2.05, 4.69) is 0 Å². The molecule has 0 N–H and O–H groups in total. The molecule has 0 spiro atoms. The van der Waals surface area contributed by atoms with Crippen molar-refractivity contribution < 1.29 is 14.3 Å². The minimum atomic E-state index is -0.388. The lowest BCUT2D eigenvalue weighted by molar-refractivity contribution is 0.0600. The van der Waals surface area contributed by atoms with Crippen LogP contribution in [0.3, 0.4) is 0 Å². The summed E-state index contributed by atoms with van der Waals surface area (Å²) in [6.07, 6.45) is 0. The molecule has 0 aliphatic heterocycles.